The molecule has 0 amide bonds. The van der Waals surface area contributed by atoms with Crippen LogP contribution >= 0.6 is 0 Å². The van der Waals surface area contributed by atoms with Crippen LogP contribution in [0.3, 0.4) is 0 Å². The average molecular weight is 146 g/mol. The minimum absolute atomic E-state index is 0.713. The number of fused-ring (bicyclic) bond motifs is 1. The fraction of sp³-hybridized carbons (Fsp3) is 0. The number of nitrogens with zero attached hydrogens (tertiary/aromatic N) is 3. The Labute approximate surface area is 63.7 Å². The molecule has 2 rings (SSSR count). The summed E-state index contributed by atoms with van der Waals surface area (Å²) in [6, 6.07) is 0. The molecule has 0 atom stereocenters. The fourth-order valence-electron chi connectivity index (χ4n) is 0.920. The Bertz CT molecular complexity index is 329. The third-order valence-electron chi connectivity index (χ3n) is 1.43. The van der Waals surface area contributed by atoms with Crippen molar-refractivity contribution in [1.82, 2.24) is 15.4 Å². The van der Waals surface area contributed by atoms with Crippen LogP contribution in [-0.4, -0.2) is 16.2 Å². The van der Waals surface area contributed by atoms with E-state index in [9.17, 15) is 0 Å². The second kappa shape index (κ2) is 2.16. The monoisotopic (exact) mass is 146 g/mol. The first-order chi connectivity index (χ1) is 5.38. The Hall–Kier alpha value is -1.71. The summed E-state index contributed by atoms with van der Waals surface area (Å²) in [5.41, 5.74) is 5.15. The SMILES string of the molecule is C=C1NN=Cc2cncnc21. The molecule has 0 bridgehead atoms. The molecule has 4 nitrogen and oxygen atoms in total. The van der Waals surface area contributed by atoms with E-state index >= 15 is 0 Å². The van der Waals surface area contributed by atoms with E-state index in [1.54, 1.807) is 12.4 Å². The van der Waals surface area contributed by atoms with Gasteiger partial charge in [-0.1, -0.05) is 6.58 Å². The minimum atomic E-state index is 0.713. The summed E-state index contributed by atoms with van der Waals surface area (Å²) in [7, 11) is 0. The number of hydrogen-bond donors (Lipinski definition) is 1. The van der Waals surface area contributed by atoms with Gasteiger partial charge < -0.3 is 0 Å². The molecular formula is C7H6N4. The van der Waals surface area contributed by atoms with Gasteiger partial charge in [0, 0.05) is 11.8 Å². The van der Waals surface area contributed by atoms with E-state index in [4.69, 9.17) is 0 Å². The molecule has 1 aromatic rings. The highest BCUT2D eigenvalue weighted by atomic mass is 15.3. The summed E-state index contributed by atoms with van der Waals surface area (Å²) < 4.78 is 0. The summed E-state index contributed by atoms with van der Waals surface area (Å²) in [6.45, 7) is 3.74. The van der Waals surface area contributed by atoms with Crippen LogP contribution in [-0.2, 0) is 0 Å². The molecule has 1 aliphatic heterocycles. The van der Waals surface area contributed by atoms with Gasteiger partial charge in [0.25, 0.3) is 0 Å². The van der Waals surface area contributed by atoms with Gasteiger partial charge in [-0.25, -0.2) is 9.97 Å². The van der Waals surface area contributed by atoms with Crippen molar-refractivity contribution in [2.45, 2.75) is 0 Å². The van der Waals surface area contributed by atoms with Crippen molar-refractivity contribution >= 4 is 11.9 Å². The molecule has 0 unspecified atom stereocenters. The molecule has 0 saturated carbocycles. The highest BCUT2D eigenvalue weighted by Crippen LogP contribution is 2.12. The summed E-state index contributed by atoms with van der Waals surface area (Å²) >= 11 is 0. The topological polar surface area (TPSA) is 50.2 Å². The molecule has 54 valence electrons. The third-order valence-corrected chi connectivity index (χ3v) is 1.43. The lowest BCUT2D eigenvalue weighted by Crippen LogP contribution is -2.13. The molecule has 0 radical (unpaired) electrons. The predicted octanol–water partition coefficient (Wildman–Crippen LogP) is 0.384. The van der Waals surface area contributed by atoms with Crippen LogP contribution in [0.25, 0.3) is 5.70 Å². The minimum Gasteiger partial charge on any atom is -0.277 e. The van der Waals surface area contributed by atoms with Gasteiger partial charge in [-0.3, -0.25) is 5.43 Å². The molecule has 0 fully saturated rings. The first-order valence-electron chi connectivity index (χ1n) is 3.16. The lowest BCUT2D eigenvalue weighted by Gasteiger charge is -2.10. The zero-order valence-corrected chi connectivity index (χ0v) is 5.78. The summed E-state index contributed by atoms with van der Waals surface area (Å²) in [5, 5.41) is 3.84. The van der Waals surface area contributed by atoms with Crippen LogP contribution < -0.4 is 5.43 Å². The smallest absolute Gasteiger partial charge is 0.116 e. The van der Waals surface area contributed by atoms with Crippen molar-refractivity contribution in [2.75, 3.05) is 0 Å². The Morgan fingerprint density at radius 2 is 2.36 bits per heavy atom. The fourth-order valence-corrected chi connectivity index (χ4v) is 0.920. The van der Waals surface area contributed by atoms with E-state index < -0.39 is 0 Å². The maximum absolute atomic E-state index is 4.04. The van der Waals surface area contributed by atoms with Gasteiger partial charge >= 0.3 is 0 Å². The average Bonchev–Trinajstić information content (AvgIpc) is 2.06. The summed E-state index contributed by atoms with van der Waals surface area (Å²) in [4.78, 5) is 7.90. The molecule has 0 aliphatic carbocycles. The lowest BCUT2D eigenvalue weighted by molar-refractivity contribution is 0.959. The Balaban J connectivity index is 2.63. The highest BCUT2D eigenvalue weighted by molar-refractivity contribution is 5.88. The van der Waals surface area contributed by atoms with Gasteiger partial charge in [-0.15, -0.1) is 0 Å². The van der Waals surface area contributed by atoms with Crippen molar-refractivity contribution in [3.63, 3.8) is 0 Å². The van der Waals surface area contributed by atoms with Crippen LogP contribution in [0.4, 0.5) is 0 Å². The van der Waals surface area contributed by atoms with Crippen molar-refractivity contribution in [1.29, 1.82) is 0 Å². The number of nitrogens with one attached hydrogen (secondary N) is 1. The predicted molar refractivity (Wildman–Crippen MR) is 41.8 cm³/mol. The largest absolute Gasteiger partial charge is 0.277 e. The van der Waals surface area contributed by atoms with E-state index in [1.807, 2.05) is 0 Å². The van der Waals surface area contributed by atoms with Gasteiger partial charge in [-0.2, -0.15) is 5.10 Å². The molecule has 1 aromatic heterocycles. The quantitative estimate of drug-likeness (QED) is 0.575. The summed E-state index contributed by atoms with van der Waals surface area (Å²) in [5.74, 6) is 0. The molecule has 1 aliphatic rings. The molecule has 11 heavy (non-hydrogen) atoms. The second-order valence-electron chi connectivity index (χ2n) is 2.18. The molecular weight excluding hydrogens is 140 g/mol. The van der Waals surface area contributed by atoms with Crippen LogP contribution in [0.1, 0.15) is 11.3 Å². The molecule has 1 N–H and O–H groups in total. The molecule has 0 spiro atoms. The Kier molecular flexibility index (Phi) is 1.18. The van der Waals surface area contributed by atoms with E-state index in [0.29, 0.717) is 5.70 Å². The highest BCUT2D eigenvalue weighted by Gasteiger charge is 2.08. The molecule has 0 saturated heterocycles. The number of hydrazone groups is 1. The van der Waals surface area contributed by atoms with E-state index in [-0.39, 0.29) is 0 Å². The summed E-state index contributed by atoms with van der Waals surface area (Å²) in [6.07, 6.45) is 4.87. The molecule has 2 heterocycles. The molecule has 4 heteroatoms. The van der Waals surface area contributed by atoms with Crippen molar-refractivity contribution in [3.8, 4) is 0 Å². The van der Waals surface area contributed by atoms with Crippen molar-refractivity contribution in [3.05, 3.63) is 30.4 Å². The van der Waals surface area contributed by atoms with Crippen LogP contribution in [0.2, 0.25) is 0 Å². The first-order valence-corrected chi connectivity index (χ1v) is 3.16. The first kappa shape index (κ1) is 6.03. The van der Waals surface area contributed by atoms with Gasteiger partial charge in [0.1, 0.15) is 6.33 Å². The van der Waals surface area contributed by atoms with Gasteiger partial charge in [-0.05, 0) is 0 Å². The molecule has 0 aromatic carbocycles. The number of aromatic nitrogens is 2. The van der Waals surface area contributed by atoms with Crippen molar-refractivity contribution in [2.24, 2.45) is 5.10 Å². The van der Waals surface area contributed by atoms with Gasteiger partial charge in [0.15, 0.2) is 0 Å². The van der Waals surface area contributed by atoms with Crippen LogP contribution in [0, 0.1) is 0 Å². The van der Waals surface area contributed by atoms with Crippen molar-refractivity contribution < 1.29 is 0 Å². The third kappa shape index (κ3) is 0.881. The number of hydrogen-bond acceptors (Lipinski definition) is 4. The van der Waals surface area contributed by atoms with E-state index in [2.05, 4.69) is 27.1 Å². The number of rotatable bonds is 0. The maximum Gasteiger partial charge on any atom is 0.116 e. The maximum atomic E-state index is 4.04. The zero-order chi connectivity index (χ0) is 7.68. The van der Waals surface area contributed by atoms with E-state index in [0.717, 1.165) is 11.3 Å². The zero-order valence-electron chi connectivity index (χ0n) is 5.78. The Morgan fingerprint density at radius 3 is 3.18 bits per heavy atom. The van der Waals surface area contributed by atoms with Crippen LogP contribution in [0.5, 0.6) is 0 Å². The van der Waals surface area contributed by atoms with Crippen LogP contribution in [0.15, 0.2) is 24.2 Å². The van der Waals surface area contributed by atoms with Gasteiger partial charge in [0.05, 0.1) is 17.6 Å². The lowest BCUT2D eigenvalue weighted by atomic mass is 10.2. The normalized spacial score (nSPS) is 14.0. The Morgan fingerprint density at radius 1 is 1.45 bits per heavy atom. The van der Waals surface area contributed by atoms with Gasteiger partial charge in [0.2, 0.25) is 0 Å². The van der Waals surface area contributed by atoms with E-state index in [1.165, 1.54) is 6.33 Å². The standard InChI is InChI=1S/C7H6N4/c1-5-7-6(3-10-11-5)2-8-4-9-7/h2-4,11H,1H2. The second-order valence-corrected chi connectivity index (χ2v) is 2.18.